The third kappa shape index (κ3) is 2.73. The molecule has 1 fully saturated rings. The highest BCUT2D eigenvalue weighted by atomic mass is 32.2. The molecule has 1 aliphatic heterocycles. The van der Waals surface area contributed by atoms with Gasteiger partial charge in [-0.05, 0) is 18.6 Å². The lowest BCUT2D eigenvalue weighted by molar-refractivity contribution is -0.128. The van der Waals surface area contributed by atoms with Gasteiger partial charge in [-0.1, -0.05) is 0 Å². The maximum Gasteiger partial charge on any atom is 0.223 e. The summed E-state index contributed by atoms with van der Waals surface area (Å²) in [4.78, 5) is 12.9. The molecule has 1 unspecified atom stereocenters. The van der Waals surface area contributed by atoms with Gasteiger partial charge >= 0.3 is 0 Å². The van der Waals surface area contributed by atoms with Crippen LogP contribution >= 0.6 is 11.8 Å². The Labute approximate surface area is 72.3 Å². The number of thioether (sulfide) groups is 1. The minimum Gasteiger partial charge on any atom is -0.349 e. The monoisotopic (exact) mass is 173 g/mol. The van der Waals surface area contributed by atoms with Crippen LogP contribution in [0.1, 0.15) is 19.3 Å². The summed E-state index contributed by atoms with van der Waals surface area (Å²) < 4.78 is 0. The Morgan fingerprint density at radius 3 is 2.82 bits per heavy atom. The minimum atomic E-state index is 0.268. The van der Waals surface area contributed by atoms with Crippen LogP contribution in [0.4, 0.5) is 0 Å². The fraction of sp³-hybridized carbons (Fsp3) is 0.875. The van der Waals surface area contributed by atoms with Gasteiger partial charge in [0.25, 0.3) is 0 Å². The van der Waals surface area contributed by atoms with Crippen molar-refractivity contribution in [3.63, 3.8) is 0 Å². The standard InChI is InChI=1S/C8H15NOS/c1-9(2)8(10)6-7-4-3-5-11-7/h7H,3-6H2,1-2H3. The van der Waals surface area contributed by atoms with Crippen molar-refractivity contribution >= 4 is 17.7 Å². The van der Waals surface area contributed by atoms with Crippen LogP contribution < -0.4 is 0 Å². The molecule has 0 bridgehead atoms. The Bertz CT molecular complexity index is 141. The maximum absolute atomic E-state index is 11.2. The van der Waals surface area contributed by atoms with E-state index in [1.165, 1.54) is 18.6 Å². The van der Waals surface area contributed by atoms with E-state index in [0.29, 0.717) is 5.25 Å². The molecule has 0 aromatic carbocycles. The summed E-state index contributed by atoms with van der Waals surface area (Å²) >= 11 is 1.94. The van der Waals surface area contributed by atoms with Crippen molar-refractivity contribution in [2.75, 3.05) is 19.8 Å². The molecule has 1 aliphatic rings. The van der Waals surface area contributed by atoms with Crippen LogP contribution in [0, 0.1) is 0 Å². The summed E-state index contributed by atoms with van der Waals surface area (Å²) in [5.74, 6) is 1.51. The second kappa shape index (κ2) is 4.00. The Morgan fingerprint density at radius 2 is 2.36 bits per heavy atom. The van der Waals surface area contributed by atoms with Crippen molar-refractivity contribution in [3.05, 3.63) is 0 Å². The average molecular weight is 173 g/mol. The Kier molecular flexibility index (Phi) is 3.24. The normalized spacial score (nSPS) is 23.6. The number of carbonyl (C=O) groups is 1. The van der Waals surface area contributed by atoms with E-state index >= 15 is 0 Å². The van der Waals surface area contributed by atoms with Crippen molar-refractivity contribution in [1.82, 2.24) is 4.90 Å². The van der Waals surface area contributed by atoms with Crippen LogP contribution in [0.3, 0.4) is 0 Å². The molecule has 1 heterocycles. The average Bonchev–Trinajstić information content (AvgIpc) is 2.39. The third-order valence-corrected chi connectivity index (χ3v) is 3.32. The van der Waals surface area contributed by atoms with Gasteiger partial charge in [0.05, 0.1) is 0 Å². The van der Waals surface area contributed by atoms with Crippen LogP contribution in [-0.2, 0) is 4.79 Å². The zero-order valence-corrected chi connectivity index (χ0v) is 7.99. The second-order valence-corrected chi connectivity index (χ2v) is 4.54. The maximum atomic E-state index is 11.2. The molecule has 0 aromatic rings. The smallest absolute Gasteiger partial charge is 0.223 e. The highest BCUT2D eigenvalue weighted by Crippen LogP contribution is 2.28. The van der Waals surface area contributed by atoms with E-state index in [4.69, 9.17) is 0 Å². The highest BCUT2D eigenvalue weighted by Gasteiger charge is 2.19. The third-order valence-electron chi connectivity index (χ3n) is 1.93. The molecule has 2 nitrogen and oxygen atoms in total. The fourth-order valence-electron chi connectivity index (χ4n) is 1.18. The molecule has 0 aliphatic carbocycles. The summed E-state index contributed by atoms with van der Waals surface area (Å²) in [6, 6.07) is 0. The largest absolute Gasteiger partial charge is 0.349 e. The Morgan fingerprint density at radius 1 is 1.64 bits per heavy atom. The van der Waals surface area contributed by atoms with Crippen molar-refractivity contribution in [3.8, 4) is 0 Å². The Hall–Kier alpha value is -0.180. The van der Waals surface area contributed by atoms with Crippen LogP contribution in [0.5, 0.6) is 0 Å². The molecular weight excluding hydrogens is 158 g/mol. The first-order valence-electron chi connectivity index (χ1n) is 4.02. The zero-order chi connectivity index (χ0) is 8.27. The van der Waals surface area contributed by atoms with E-state index < -0.39 is 0 Å². The SMILES string of the molecule is CN(C)C(=O)CC1CCCS1. The van der Waals surface area contributed by atoms with E-state index in [-0.39, 0.29) is 5.91 Å². The number of nitrogens with zero attached hydrogens (tertiary/aromatic N) is 1. The second-order valence-electron chi connectivity index (χ2n) is 3.13. The molecule has 1 atom stereocenters. The molecule has 0 radical (unpaired) electrons. The molecule has 0 spiro atoms. The molecule has 1 rings (SSSR count). The molecular formula is C8H15NOS. The first kappa shape index (κ1) is 8.91. The van der Waals surface area contributed by atoms with Crippen molar-refractivity contribution < 1.29 is 4.79 Å². The van der Waals surface area contributed by atoms with Gasteiger partial charge in [-0.25, -0.2) is 0 Å². The zero-order valence-electron chi connectivity index (χ0n) is 7.17. The number of hydrogen-bond donors (Lipinski definition) is 0. The van der Waals surface area contributed by atoms with E-state index in [0.717, 1.165) is 6.42 Å². The van der Waals surface area contributed by atoms with Gasteiger partial charge in [-0.2, -0.15) is 11.8 Å². The number of rotatable bonds is 2. The number of hydrogen-bond acceptors (Lipinski definition) is 2. The first-order valence-corrected chi connectivity index (χ1v) is 5.07. The summed E-state index contributed by atoms with van der Waals surface area (Å²) in [5.41, 5.74) is 0. The van der Waals surface area contributed by atoms with Gasteiger partial charge in [-0.3, -0.25) is 4.79 Å². The molecule has 1 amide bonds. The Balaban J connectivity index is 2.24. The molecule has 1 saturated heterocycles. The van der Waals surface area contributed by atoms with Gasteiger partial charge in [0, 0.05) is 25.8 Å². The van der Waals surface area contributed by atoms with E-state index in [1.54, 1.807) is 4.90 Å². The van der Waals surface area contributed by atoms with Crippen molar-refractivity contribution in [1.29, 1.82) is 0 Å². The molecule has 0 N–H and O–H groups in total. The summed E-state index contributed by atoms with van der Waals surface area (Å²) in [7, 11) is 3.64. The lowest BCUT2D eigenvalue weighted by Crippen LogP contribution is -2.24. The van der Waals surface area contributed by atoms with Gasteiger partial charge in [-0.15, -0.1) is 0 Å². The molecule has 3 heteroatoms. The van der Waals surface area contributed by atoms with Crippen LogP contribution in [0.15, 0.2) is 0 Å². The van der Waals surface area contributed by atoms with E-state index in [9.17, 15) is 4.79 Å². The number of carbonyl (C=O) groups excluding carboxylic acids is 1. The first-order chi connectivity index (χ1) is 5.20. The molecule has 11 heavy (non-hydrogen) atoms. The van der Waals surface area contributed by atoms with Gasteiger partial charge in [0.1, 0.15) is 0 Å². The fourth-order valence-corrected chi connectivity index (χ4v) is 2.44. The number of amides is 1. The van der Waals surface area contributed by atoms with Gasteiger partial charge < -0.3 is 4.90 Å². The van der Waals surface area contributed by atoms with Gasteiger partial charge in [0.15, 0.2) is 0 Å². The molecule has 0 aromatic heterocycles. The minimum absolute atomic E-state index is 0.268. The molecule has 64 valence electrons. The summed E-state index contributed by atoms with van der Waals surface area (Å²) in [6.45, 7) is 0. The highest BCUT2D eigenvalue weighted by molar-refractivity contribution is 8.00. The van der Waals surface area contributed by atoms with Crippen LogP contribution in [0.2, 0.25) is 0 Å². The quantitative estimate of drug-likeness (QED) is 0.628. The lowest BCUT2D eigenvalue weighted by Gasteiger charge is -2.12. The van der Waals surface area contributed by atoms with Crippen LogP contribution in [-0.4, -0.2) is 35.9 Å². The van der Waals surface area contributed by atoms with Gasteiger partial charge in [0.2, 0.25) is 5.91 Å². The molecule has 0 saturated carbocycles. The van der Waals surface area contributed by atoms with E-state index in [1.807, 2.05) is 25.9 Å². The van der Waals surface area contributed by atoms with E-state index in [2.05, 4.69) is 0 Å². The van der Waals surface area contributed by atoms with Crippen molar-refractivity contribution in [2.24, 2.45) is 0 Å². The predicted molar refractivity (Wildman–Crippen MR) is 48.8 cm³/mol. The van der Waals surface area contributed by atoms with Crippen LogP contribution in [0.25, 0.3) is 0 Å². The van der Waals surface area contributed by atoms with Crippen molar-refractivity contribution in [2.45, 2.75) is 24.5 Å². The predicted octanol–water partition coefficient (Wildman–Crippen LogP) is 1.36. The summed E-state index contributed by atoms with van der Waals surface area (Å²) in [6.07, 6.45) is 3.25. The topological polar surface area (TPSA) is 20.3 Å². The lowest BCUT2D eigenvalue weighted by atomic mass is 10.2. The summed E-state index contributed by atoms with van der Waals surface area (Å²) in [5, 5.41) is 0.602.